The van der Waals surface area contributed by atoms with Crippen molar-refractivity contribution in [1.82, 2.24) is 4.57 Å². The first-order chi connectivity index (χ1) is 13.0. The first-order valence-electron chi connectivity index (χ1n) is 9.02. The summed E-state index contributed by atoms with van der Waals surface area (Å²) in [7, 11) is 0. The van der Waals surface area contributed by atoms with Crippen molar-refractivity contribution in [2.24, 2.45) is 5.41 Å². The maximum absolute atomic E-state index is 13.4. The van der Waals surface area contributed by atoms with Gasteiger partial charge in [-0.05, 0) is 34.2 Å². The van der Waals surface area contributed by atoms with Crippen LogP contribution in [0.15, 0.2) is 48.7 Å². The molecule has 1 heterocycles. The highest BCUT2D eigenvalue weighted by atomic mass is 19.4. The van der Waals surface area contributed by atoms with E-state index in [1.54, 1.807) is 30.5 Å². The van der Waals surface area contributed by atoms with Crippen LogP contribution in [-0.4, -0.2) is 11.0 Å². The van der Waals surface area contributed by atoms with Gasteiger partial charge < -0.3 is 4.57 Å². The van der Waals surface area contributed by atoms with E-state index >= 15 is 0 Å². The summed E-state index contributed by atoms with van der Waals surface area (Å²) in [6, 6.07) is 10.3. The maximum Gasteiger partial charge on any atom is 0.417 e. The van der Waals surface area contributed by atoms with Gasteiger partial charge in [-0.15, -0.1) is 0 Å². The maximum atomic E-state index is 13.4. The van der Waals surface area contributed by atoms with E-state index in [1.165, 1.54) is 12.1 Å². The molecule has 1 aromatic heterocycles. The zero-order chi connectivity index (χ0) is 20.7. The lowest BCUT2D eigenvalue weighted by Crippen LogP contribution is -2.14. The van der Waals surface area contributed by atoms with Crippen LogP contribution in [0.3, 0.4) is 0 Å². The summed E-state index contributed by atoms with van der Waals surface area (Å²) in [6.07, 6.45) is -5.65. The molecule has 0 unspecified atom stereocenters. The van der Waals surface area contributed by atoms with Crippen molar-refractivity contribution < 1.29 is 22.0 Å². The minimum absolute atomic E-state index is 0.0795. The van der Waals surface area contributed by atoms with Gasteiger partial charge in [-0.25, -0.2) is 8.78 Å². The zero-order valence-corrected chi connectivity index (χ0v) is 15.9. The Balaban J connectivity index is 2.19. The predicted octanol–water partition coefficient (Wildman–Crippen LogP) is 7.18. The van der Waals surface area contributed by atoms with Gasteiger partial charge in [0.2, 0.25) is 6.43 Å². The van der Waals surface area contributed by atoms with Crippen LogP contribution in [0.1, 0.15) is 31.9 Å². The third kappa shape index (κ3) is 4.37. The number of rotatable bonds is 4. The van der Waals surface area contributed by atoms with E-state index in [9.17, 15) is 22.0 Å². The molecule has 0 saturated carbocycles. The van der Waals surface area contributed by atoms with Crippen LogP contribution in [0.2, 0.25) is 0 Å². The standard InChI is InChI=1S/C22H22F5N/c1-21(2,3)13-28-12-15(11-20(23)24)17-9-8-14(10-19(17)28)16-6-4-5-7-18(16)22(25,26)27/h4-10,12,20H,11,13H2,1-3H3. The molecular weight excluding hydrogens is 373 g/mol. The van der Waals surface area contributed by atoms with Crippen LogP contribution in [0, 0.1) is 5.41 Å². The Morgan fingerprint density at radius 3 is 2.25 bits per heavy atom. The van der Waals surface area contributed by atoms with Gasteiger partial charge in [-0.1, -0.05) is 51.1 Å². The summed E-state index contributed by atoms with van der Waals surface area (Å²) in [5.41, 5.74) is 0.836. The number of halogens is 5. The van der Waals surface area contributed by atoms with Gasteiger partial charge in [-0.3, -0.25) is 0 Å². The molecule has 2 aromatic carbocycles. The molecule has 0 amide bonds. The van der Waals surface area contributed by atoms with E-state index < -0.39 is 18.2 Å². The Kier molecular flexibility index (Phi) is 5.26. The molecule has 0 N–H and O–H groups in total. The predicted molar refractivity (Wildman–Crippen MR) is 102 cm³/mol. The monoisotopic (exact) mass is 395 g/mol. The van der Waals surface area contributed by atoms with Crippen molar-refractivity contribution in [3.8, 4) is 11.1 Å². The number of hydrogen-bond acceptors (Lipinski definition) is 0. The Morgan fingerprint density at radius 1 is 0.964 bits per heavy atom. The lowest BCUT2D eigenvalue weighted by molar-refractivity contribution is -0.137. The molecule has 150 valence electrons. The number of hydrogen-bond donors (Lipinski definition) is 0. The van der Waals surface area contributed by atoms with E-state index in [-0.39, 0.29) is 17.4 Å². The quantitative estimate of drug-likeness (QED) is 0.412. The van der Waals surface area contributed by atoms with E-state index in [2.05, 4.69) is 0 Å². The van der Waals surface area contributed by atoms with Crippen molar-refractivity contribution >= 4 is 10.9 Å². The zero-order valence-electron chi connectivity index (χ0n) is 15.9. The number of nitrogens with zero attached hydrogens (tertiary/aromatic N) is 1. The number of alkyl halides is 5. The second-order valence-electron chi connectivity index (χ2n) is 8.21. The van der Waals surface area contributed by atoms with Crippen molar-refractivity contribution in [3.05, 3.63) is 59.8 Å². The second kappa shape index (κ2) is 7.22. The highest BCUT2D eigenvalue weighted by Gasteiger charge is 2.33. The lowest BCUT2D eigenvalue weighted by Gasteiger charge is -2.20. The van der Waals surface area contributed by atoms with Gasteiger partial charge in [0.25, 0.3) is 0 Å². The van der Waals surface area contributed by atoms with Gasteiger partial charge in [0, 0.05) is 30.1 Å². The molecular formula is C22H22F5N. The Morgan fingerprint density at radius 2 is 1.64 bits per heavy atom. The van der Waals surface area contributed by atoms with Crippen molar-refractivity contribution in [3.63, 3.8) is 0 Å². The number of benzene rings is 2. The van der Waals surface area contributed by atoms with Gasteiger partial charge >= 0.3 is 6.18 Å². The van der Waals surface area contributed by atoms with Gasteiger partial charge in [-0.2, -0.15) is 13.2 Å². The number of aromatic nitrogens is 1. The van der Waals surface area contributed by atoms with Gasteiger partial charge in [0.05, 0.1) is 5.56 Å². The summed E-state index contributed by atoms with van der Waals surface area (Å²) in [4.78, 5) is 0. The van der Waals surface area contributed by atoms with Crippen LogP contribution >= 0.6 is 0 Å². The lowest BCUT2D eigenvalue weighted by atomic mass is 9.96. The topological polar surface area (TPSA) is 4.93 Å². The fourth-order valence-corrected chi connectivity index (χ4v) is 3.49. The van der Waals surface area contributed by atoms with Gasteiger partial charge in [0.1, 0.15) is 0 Å². The minimum atomic E-state index is -4.47. The summed E-state index contributed by atoms with van der Waals surface area (Å²) in [5.74, 6) is 0. The van der Waals surface area contributed by atoms with E-state index in [0.717, 1.165) is 6.07 Å². The molecule has 0 aliphatic carbocycles. The van der Waals surface area contributed by atoms with Crippen LogP contribution in [-0.2, 0) is 19.1 Å². The molecule has 0 radical (unpaired) electrons. The highest BCUT2D eigenvalue weighted by molar-refractivity contribution is 5.89. The molecule has 0 saturated heterocycles. The van der Waals surface area contributed by atoms with Crippen molar-refractivity contribution in [1.29, 1.82) is 0 Å². The first-order valence-corrected chi connectivity index (χ1v) is 9.02. The molecule has 0 atom stereocenters. The average molecular weight is 395 g/mol. The normalized spacial score (nSPS) is 12.9. The summed E-state index contributed by atoms with van der Waals surface area (Å²) in [6.45, 7) is 6.63. The second-order valence-corrected chi connectivity index (χ2v) is 8.21. The minimum Gasteiger partial charge on any atom is -0.347 e. The van der Waals surface area contributed by atoms with Crippen LogP contribution in [0.5, 0.6) is 0 Å². The van der Waals surface area contributed by atoms with E-state index in [4.69, 9.17) is 0 Å². The Bertz CT molecular complexity index is 977. The third-order valence-electron chi connectivity index (χ3n) is 4.53. The molecule has 1 nitrogen and oxygen atoms in total. The molecule has 6 heteroatoms. The fourth-order valence-electron chi connectivity index (χ4n) is 3.49. The number of fused-ring (bicyclic) bond motifs is 1. The summed E-state index contributed by atoms with van der Waals surface area (Å²) < 4.78 is 68.1. The highest BCUT2D eigenvalue weighted by Crippen LogP contribution is 2.38. The van der Waals surface area contributed by atoms with Crippen LogP contribution in [0.25, 0.3) is 22.0 Å². The molecule has 0 fully saturated rings. The van der Waals surface area contributed by atoms with Gasteiger partial charge in [0.15, 0.2) is 0 Å². The molecule has 3 aromatic rings. The van der Waals surface area contributed by atoms with Crippen LogP contribution < -0.4 is 0 Å². The Hall–Kier alpha value is -2.37. The molecule has 0 aliphatic rings. The smallest absolute Gasteiger partial charge is 0.347 e. The molecule has 0 spiro atoms. The average Bonchev–Trinajstić information content (AvgIpc) is 2.88. The molecule has 28 heavy (non-hydrogen) atoms. The summed E-state index contributed by atoms with van der Waals surface area (Å²) >= 11 is 0. The molecule has 3 rings (SSSR count). The summed E-state index contributed by atoms with van der Waals surface area (Å²) in [5, 5.41) is 0.651. The first kappa shape index (κ1) is 20.4. The molecule has 0 aliphatic heterocycles. The SMILES string of the molecule is CC(C)(C)Cn1cc(CC(F)F)c2ccc(-c3ccccc3C(F)(F)F)cc21. The van der Waals surface area contributed by atoms with E-state index in [0.29, 0.717) is 28.6 Å². The fraction of sp³-hybridized carbons (Fsp3) is 0.364. The largest absolute Gasteiger partial charge is 0.417 e. The Labute approximate surface area is 160 Å². The molecule has 0 bridgehead atoms. The van der Waals surface area contributed by atoms with E-state index in [1.807, 2.05) is 25.3 Å². The van der Waals surface area contributed by atoms with Crippen molar-refractivity contribution in [2.45, 2.75) is 46.3 Å². The van der Waals surface area contributed by atoms with Crippen molar-refractivity contribution in [2.75, 3.05) is 0 Å². The van der Waals surface area contributed by atoms with Crippen LogP contribution in [0.4, 0.5) is 22.0 Å². The third-order valence-corrected chi connectivity index (χ3v) is 4.53.